The predicted octanol–water partition coefficient (Wildman–Crippen LogP) is 0.0636. The monoisotopic (exact) mass is 170 g/mol. The molecule has 0 rings (SSSR count). The molecule has 0 aromatic heterocycles. The van der Waals surface area contributed by atoms with Gasteiger partial charge < -0.3 is 10.8 Å². The molecule has 3 N–H and O–H groups in total. The van der Waals surface area contributed by atoms with Gasteiger partial charge in [0.2, 0.25) is 0 Å². The Labute approximate surface area is 104 Å². The fourth-order valence-electron chi connectivity index (χ4n) is 0.370. The van der Waals surface area contributed by atoms with Crippen LogP contribution in [0.3, 0.4) is 0 Å². The molecule has 0 aromatic carbocycles. The van der Waals surface area contributed by atoms with Crippen LogP contribution in [0, 0.1) is 5.41 Å². The van der Waals surface area contributed by atoms with Crippen LogP contribution in [-0.2, 0) is 4.79 Å². The normalized spacial score (nSPS) is 13.6. The van der Waals surface area contributed by atoms with Gasteiger partial charge in [-0.25, -0.2) is 0 Å². The van der Waals surface area contributed by atoms with E-state index >= 15 is 0 Å². The number of hydrogen-bond donors (Lipinski definition) is 2. The van der Waals surface area contributed by atoms with Gasteiger partial charge in [0.25, 0.3) is 0 Å². The molecule has 0 spiro atoms. The topological polar surface area (TPSA) is 63.3 Å². The Kier molecular flexibility index (Phi) is 6.61. The zero-order chi connectivity index (χ0) is 7.65. The summed E-state index contributed by atoms with van der Waals surface area (Å²) < 4.78 is 0. The quantitative estimate of drug-likeness (QED) is 0.547. The minimum atomic E-state index is -0.942. The average Bonchev–Trinajstić information content (AvgIpc) is 1.62. The molecule has 0 aromatic rings. The summed E-state index contributed by atoms with van der Waals surface area (Å²) in [5.74, 6) is -0.942. The van der Waals surface area contributed by atoms with E-state index in [1.165, 1.54) is 0 Å². The molecule has 1 radical (unpaired) electrons. The smallest absolute Gasteiger partial charge is 0.321 e. The molecular formula is C6H13KNO2. The summed E-state index contributed by atoms with van der Waals surface area (Å²) in [5, 5.41) is 8.39. The number of carbonyl (C=O) groups is 1. The third-order valence-electron chi connectivity index (χ3n) is 1.20. The van der Waals surface area contributed by atoms with E-state index in [1.807, 2.05) is 0 Å². The molecule has 55 valence electrons. The first kappa shape index (κ1) is 13.6. The molecule has 0 aliphatic rings. The van der Waals surface area contributed by atoms with Crippen molar-refractivity contribution in [2.24, 2.45) is 11.1 Å². The van der Waals surface area contributed by atoms with E-state index in [-0.39, 0.29) is 56.8 Å². The summed E-state index contributed by atoms with van der Waals surface area (Å²) in [5.41, 5.74) is 4.95. The van der Waals surface area contributed by atoms with E-state index < -0.39 is 12.0 Å². The van der Waals surface area contributed by atoms with Crippen LogP contribution in [0.5, 0.6) is 0 Å². The number of aliphatic carboxylic acids is 1. The van der Waals surface area contributed by atoms with Gasteiger partial charge in [0.1, 0.15) is 6.04 Å². The van der Waals surface area contributed by atoms with Crippen molar-refractivity contribution in [3.05, 3.63) is 0 Å². The second-order valence-corrected chi connectivity index (χ2v) is 3.18. The molecule has 10 heavy (non-hydrogen) atoms. The maximum absolute atomic E-state index is 10.2. The summed E-state index contributed by atoms with van der Waals surface area (Å²) in [6.07, 6.45) is 0. The Hall–Kier alpha value is 1.07. The summed E-state index contributed by atoms with van der Waals surface area (Å²) in [6, 6.07) is -0.766. The van der Waals surface area contributed by atoms with Gasteiger partial charge in [-0.1, -0.05) is 20.8 Å². The summed E-state index contributed by atoms with van der Waals surface area (Å²) >= 11 is 0. The summed E-state index contributed by atoms with van der Waals surface area (Å²) in [7, 11) is 0. The minimum absolute atomic E-state index is 0. The molecule has 0 aliphatic heterocycles. The van der Waals surface area contributed by atoms with E-state index in [0.717, 1.165) is 0 Å². The van der Waals surface area contributed by atoms with Crippen LogP contribution in [0.2, 0.25) is 0 Å². The number of nitrogens with two attached hydrogens (primary N) is 1. The van der Waals surface area contributed by atoms with Crippen molar-refractivity contribution in [1.82, 2.24) is 0 Å². The van der Waals surface area contributed by atoms with E-state index in [4.69, 9.17) is 10.8 Å². The SMILES string of the molecule is CC(C)(C)[C@H](N)C(=O)O.[K]. The number of hydrogen-bond acceptors (Lipinski definition) is 2. The van der Waals surface area contributed by atoms with Crippen molar-refractivity contribution < 1.29 is 9.90 Å². The zero-order valence-electron chi connectivity index (χ0n) is 7.01. The van der Waals surface area contributed by atoms with Crippen LogP contribution in [0.4, 0.5) is 0 Å². The van der Waals surface area contributed by atoms with Gasteiger partial charge >= 0.3 is 5.97 Å². The van der Waals surface area contributed by atoms with Crippen LogP contribution in [0.25, 0.3) is 0 Å². The van der Waals surface area contributed by atoms with Gasteiger partial charge in [0, 0.05) is 51.4 Å². The third kappa shape index (κ3) is 4.82. The second-order valence-electron chi connectivity index (χ2n) is 3.18. The largest absolute Gasteiger partial charge is 0.480 e. The van der Waals surface area contributed by atoms with Crippen molar-refractivity contribution in [3.63, 3.8) is 0 Å². The zero-order valence-corrected chi connectivity index (χ0v) is 10.1. The molecule has 0 unspecified atom stereocenters. The first-order valence-electron chi connectivity index (χ1n) is 2.84. The molecule has 0 saturated heterocycles. The van der Waals surface area contributed by atoms with Gasteiger partial charge in [-0.2, -0.15) is 0 Å². The van der Waals surface area contributed by atoms with E-state index in [9.17, 15) is 4.79 Å². The number of rotatable bonds is 1. The first-order chi connectivity index (χ1) is 3.85. The predicted molar refractivity (Wildman–Crippen MR) is 40.8 cm³/mol. The number of carboxylic acids is 1. The number of carboxylic acid groups (broad SMARTS) is 1. The second kappa shape index (κ2) is 4.85. The van der Waals surface area contributed by atoms with Crippen LogP contribution in [0.15, 0.2) is 0 Å². The minimum Gasteiger partial charge on any atom is -0.480 e. The fourth-order valence-corrected chi connectivity index (χ4v) is 0.370. The van der Waals surface area contributed by atoms with Gasteiger partial charge in [0.05, 0.1) is 0 Å². The van der Waals surface area contributed by atoms with Gasteiger partial charge in [-0.05, 0) is 5.41 Å². The first-order valence-corrected chi connectivity index (χ1v) is 2.84. The average molecular weight is 170 g/mol. The maximum atomic E-state index is 10.2. The van der Waals surface area contributed by atoms with Gasteiger partial charge in [-0.3, -0.25) is 4.79 Å². The van der Waals surface area contributed by atoms with Gasteiger partial charge in [-0.15, -0.1) is 0 Å². The van der Waals surface area contributed by atoms with Crippen molar-refractivity contribution in [2.45, 2.75) is 26.8 Å². The van der Waals surface area contributed by atoms with E-state index in [1.54, 1.807) is 20.8 Å². The molecular weight excluding hydrogens is 157 g/mol. The molecule has 0 bridgehead atoms. The Morgan fingerprint density at radius 3 is 1.80 bits per heavy atom. The third-order valence-corrected chi connectivity index (χ3v) is 1.20. The van der Waals surface area contributed by atoms with Crippen LogP contribution in [-0.4, -0.2) is 68.5 Å². The molecule has 1 atom stereocenters. The molecule has 0 fully saturated rings. The molecule has 0 amide bonds. The van der Waals surface area contributed by atoms with Crippen LogP contribution >= 0.6 is 0 Å². The Bertz CT molecular complexity index is 119. The van der Waals surface area contributed by atoms with Crippen LogP contribution in [0.1, 0.15) is 20.8 Å². The van der Waals surface area contributed by atoms with Crippen molar-refractivity contribution >= 4 is 57.4 Å². The van der Waals surface area contributed by atoms with Crippen molar-refractivity contribution in [3.8, 4) is 0 Å². The van der Waals surface area contributed by atoms with Crippen molar-refractivity contribution in [1.29, 1.82) is 0 Å². The molecule has 0 aliphatic carbocycles. The fraction of sp³-hybridized carbons (Fsp3) is 0.833. The van der Waals surface area contributed by atoms with Crippen molar-refractivity contribution in [2.75, 3.05) is 0 Å². The molecule has 0 heterocycles. The van der Waals surface area contributed by atoms with Gasteiger partial charge in [0.15, 0.2) is 0 Å². The molecule has 0 saturated carbocycles. The summed E-state index contributed by atoms with van der Waals surface area (Å²) in [4.78, 5) is 10.2. The summed E-state index contributed by atoms with van der Waals surface area (Å²) in [6.45, 7) is 5.39. The Morgan fingerprint density at radius 2 is 1.80 bits per heavy atom. The van der Waals surface area contributed by atoms with Crippen LogP contribution < -0.4 is 5.73 Å². The van der Waals surface area contributed by atoms with E-state index in [0.29, 0.717) is 0 Å². The molecule has 4 heteroatoms. The van der Waals surface area contributed by atoms with E-state index in [2.05, 4.69) is 0 Å². The maximum Gasteiger partial charge on any atom is 0.321 e. The Balaban J connectivity index is 0. The molecule has 3 nitrogen and oxygen atoms in total. The Morgan fingerprint density at radius 1 is 1.50 bits per heavy atom. The standard InChI is InChI=1S/C6H13NO2.K/c1-6(2,3)4(7)5(8)9;/h4H,7H2,1-3H3,(H,8,9);/t4-;/m1./s1.